The molecule has 0 aromatic rings. The molecule has 0 aliphatic carbocycles. The summed E-state index contributed by atoms with van der Waals surface area (Å²) in [5.74, 6) is 0.0711. The van der Waals surface area contributed by atoms with Gasteiger partial charge in [-0.1, -0.05) is 6.04 Å². The second-order valence-electron chi connectivity index (χ2n) is 3.43. The molecule has 84 valence electrons. The van der Waals surface area contributed by atoms with Gasteiger partial charge in [0.2, 0.25) is 0 Å². The Morgan fingerprint density at radius 2 is 2.14 bits per heavy atom. The van der Waals surface area contributed by atoms with E-state index in [2.05, 4.69) is 0 Å². The highest BCUT2D eigenvalue weighted by Gasteiger charge is 2.21. The first-order valence-electron chi connectivity index (χ1n) is 5.11. The van der Waals surface area contributed by atoms with Crippen molar-refractivity contribution in [1.29, 1.82) is 0 Å². The van der Waals surface area contributed by atoms with Crippen molar-refractivity contribution in [2.75, 3.05) is 34.0 Å². The van der Waals surface area contributed by atoms with Gasteiger partial charge in [0.25, 0.3) is 0 Å². The fourth-order valence-electron chi connectivity index (χ4n) is 1.23. The maximum absolute atomic E-state index is 5.42. The molecular formula is C9H20O4Si. The SMILES string of the molecule is COC(OC)[SiH2]CCCOCC1CO1. The molecule has 0 spiro atoms. The average molecular weight is 220 g/mol. The summed E-state index contributed by atoms with van der Waals surface area (Å²) in [6.07, 6.45) is 1.50. The van der Waals surface area contributed by atoms with Crippen molar-refractivity contribution >= 4 is 9.52 Å². The molecule has 0 amide bonds. The second kappa shape index (κ2) is 7.36. The number of hydrogen-bond donors (Lipinski definition) is 0. The van der Waals surface area contributed by atoms with E-state index in [1.165, 1.54) is 6.04 Å². The molecule has 14 heavy (non-hydrogen) atoms. The second-order valence-corrected chi connectivity index (χ2v) is 5.38. The van der Waals surface area contributed by atoms with Gasteiger partial charge in [-0.05, 0) is 6.42 Å². The van der Waals surface area contributed by atoms with Crippen LogP contribution in [0.2, 0.25) is 6.04 Å². The summed E-state index contributed by atoms with van der Waals surface area (Å²) in [7, 11) is 3.13. The summed E-state index contributed by atoms with van der Waals surface area (Å²) < 4.78 is 20.7. The van der Waals surface area contributed by atoms with Crippen molar-refractivity contribution in [2.45, 2.75) is 24.5 Å². The van der Waals surface area contributed by atoms with Crippen LogP contribution in [0.15, 0.2) is 0 Å². The summed E-state index contributed by atoms with van der Waals surface area (Å²) in [6.45, 7) is 2.48. The normalized spacial score (nSPS) is 21.2. The quantitative estimate of drug-likeness (QED) is 0.236. The zero-order chi connectivity index (χ0) is 10.2. The van der Waals surface area contributed by atoms with E-state index in [-0.39, 0.29) is 15.4 Å². The maximum atomic E-state index is 5.42. The van der Waals surface area contributed by atoms with Gasteiger partial charge < -0.3 is 18.9 Å². The van der Waals surface area contributed by atoms with Gasteiger partial charge in [0.05, 0.1) is 22.7 Å². The van der Waals surface area contributed by atoms with Crippen LogP contribution in [0.25, 0.3) is 0 Å². The van der Waals surface area contributed by atoms with Crippen LogP contribution in [-0.2, 0) is 18.9 Å². The lowest BCUT2D eigenvalue weighted by atomic mass is 10.5. The predicted octanol–water partition coefficient (Wildman–Crippen LogP) is -0.0446. The number of epoxide rings is 1. The van der Waals surface area contributed by atoms with E-state index in [0.29, 0.717) is 6.10 Å². The van der Waals surface area contributed by atoms with Crippen molar-refractivity contribution in [3.63, 3.8) is 0 Å². The standard InChI is InChI=1S/C9H20O4Si/c1-10-9(11-2)14-5-3-4-12-6-8-7-13-8/h8-9H,3-7,14H2,1-2H3. The molecule has 0 aromatic carbocycles. The highest BCUT2D eigenvalue weighted by atomic mass is 28.2. The molecule has 1 atom stereocenters. The first-order chi connectivity index (χ1) is 6.86. The van der Waals surface area contributed by atoms with Crippen molar-refractivity contribution in [3.05, 3.63) is 0 Å². The Bertz CT molecular complexity index is 137. The predicted molar refractivity (Wildman–Crippen MR) is 56.3 cm³/mol. The molecule has 0 bridgehead atoms. The maximum Gasteiger partial charge on any atom is 0.134 e. The number of rotatable bonds is 9. The summed E-state index contributed by atoms with van der Waals surface area (Å²) in [6, 6.07) is 1.21. The third kappa shape index (κ3) is 5.72. The molecular weight excluding hydrogens is 200 g/mol. The van der Waals surface area contributed by atoms with Crippen LogP contribution in [0.3, 0.4) is 0 Å². The van der Waals surface area contributed by atoms with E-state index >= 15 is 0 Å². The molecule has 5 heteroatoms. The fraction of sp³-hybridized carbons (Fsp3) is 1.00. The first-order valence-corrected chi connectivity index (χ1v) is 6.93. The van der Waals surface area contributed by atoms with Crippen LogP contribution < -0.4 is 0 Å². The Morgan fingerprint density at radius 1 is 1.43 bits per heavy atom. The molecule has 1 aliphatic rings. The van der Waals surface area contributed by atoms with Crippen molar-refractivity contribution < 1.29 is 18.9 Å². The van der Waals surface area contributed by atoms with Crippen molar-refractivity contribution in [3.8, 4) is 0 Å². The minimum Gasteiger partial charge on any atom is -0.379 e. The number of hydrogen-bond acceptors (Lipinski definition) is 4. The zero-order valence-electron chi connectivity index (χ0n) is 9.03. The van der Waals surface area contributed by atoms with Gasteiger partial charge in [-0.3, -0.25) is 0 Å². The molecule has 0 radical (unpaired) electrons. The van der Waals surface area contributed by atoms with Crippen LogP contribution in [0.5, 0.6) is 0 Å². The molecule has 1 saturated heterocycles. The van der Waals surface area contributed by atoms with E-state index < -0.39 is 0 Å². The Hall–Kier alpha value is 0.0569. The van der Waals surface area contributed by atoms with E-state index in [4.69, 9.17) is 18.9 Å². The van der Waals surface area contributed by atoms with Gasteiger partial charge in [-0.2, -0.15) is 0 Å². The molecule has 0 N–H and O–H groups in total. The summed E-state index contributed by atoms with van der Waals surface area (Å²) >= 11 is 0. The molecule has 1 fully saturated rings. The van der Waals surface area contributed by atoms with Gasteiger partial charge >= 0.3 is 0 Å². The highest BCUT2D eigenvalue weighted by molar-refractivity contribution is 6.36. The minimum atomic E-state index is -0.262. The van der Waals surface area contributed by atoms with Crippen LogP contribution in [0.1, 0.15) is 6.42 Å². The van der Waals surface area contributed by atoms with Gasteiger partial charge in [-0.15, -0.1) is 0 Å². The Morgan fingerprint density at radius 3 is 2.71 bits per heavy atom. The number of ether oxygens (including phenoxy) is 4. The van der Waals surface area contributed by atoms with Crippen LogP contribution in [0, 0.1) is 0 Å². The van der Waals surface area contributed by atoms with Gasteiger partial charge in [-0.25, -0.2) is 0 Å². The smallest absolute Gasteiger partial charge is 0.134 e. The van der Waals surface area contributed by atoms with Gasteiger partial charge in [0, 0.05) is 20.8 Å². The average Bonchev–Trinajstić information content (AvgIpc) is 3.01. The monoisotopic (exact) mass is 220 g/mol. The third-order valence-corrected chi connectivity index (χ3v) is 4.26. The molecule has 4 nitrogen and oxygen atoms in total. The van der Waals surface area contributed by atoms with Crippen LogP contribution in [-0.4, -0.2) is 55.6 Å². The zero-order valence-corrected chi connectivity index (χ0v) is 10.4. The molecule has 0 saturated carbocycles. The van der Waals surface area contributed by atoms with E-state index in [0.717, 1.165) is 26.2 Å². The topological polar surface area (TPSA) is 40.2 Å². The molecule has 1 aliphatic heterocycles. The molecule has 1 unspecified atom stereocenters. The lowest BCUT2D eigenvalue weighted by Gasteiger charge is -2.12. The molecule has 1 rings (SSSR count). The minimum absolute atomic E-state index is 0.0711. The summed E-state index contributed by atoms with van der Waals surface area (Å²) in [5.41, 5.74) is 0. The number of methoxy groups -OCH3 is 2. The Balaban J connectivity index is 1.78. The van der Waals surface area contributed by atoms with Crippen LogP contribution >= 0.6 is 0 Å². The van der Waals surface area contributed by atoms with E-state index in [9.17, 15) is 0 Å². The Kier molecular flexibility index (Phi) is 6.38. The summed E-state index contributed by atoms with van der Waals surface area (Å²) in [5, 5.41) is 0. The molecule has 1 heterocycles. The van der Waals surface area contributed by atoms with Crippen molar-refractivity contribution in [2.24, 2.45) is 0 Å². The van der Waals surface area contributed by atoms with Gasteiger partial charge in [0.1, 0.15) is 12.0 Å². The van der Waals surface area contributed by atoms with E-state index in [1.807, 2.05) is 0 Å². The molecule has 0 aromatic heterocycles. The lowest BCUT2D eigenvalue weighted by Crippen LogP contribution is -2.21. The fourth-order valence-corrected chi connectivity index (χ4v) is 2.52. The lowest BCUT2D eigenvalue weighted by molar-refractivity contribution is -0.0442. The summed E-state index contributed by atoms with van der Waals surface area (Å²) in [4.78, 5) is 0. The van der Waals surface area contributed by atoms with E-state index in [1.54, 1.807) is 14.2 Å². The third-order valence-electron chi connectivity index (χ3n) is 2.21. The Labute approximate surface area is 87.7 Å². The largest absolute Gasteiger partial charge is 0.379 e. The van der Waals surface area contributed by atoms with Crippen LogP contribution in [0.4, 0.5) is 0 Å². The first kappa shape index (κ1) is 12.1. The van der Waals surface area contributed by atoms with Crippen molar-refractivity contribution in [1.82, 2.24) is 0 Å². The highest BCUT2D eigenvalue weighted by Crippen LogP contribution is 2.08. The van der Waals surface area contributed by atoms with Gasteiger partial charge in [0.15, 0.2) is 0 Å².